The molecule has 2 rings (SSSR count). The van der Waals surface area contributed by atoms with E-state index in [0.29, 0.717) is 11.0 Å². The highest BCUT2D eigenvalue weighted by atomic mass is 35.5. The van der Waals surface area contributed by atoms with Crippen molar-refractivity contribution in [3.8, 4) is 0 Å². The van der Waals surface area contributed by atoms with Crippen LogP contribution in [0.1, 0.15) is 19.4 Å². The lowest BCUT2D eigenvalue weighted by Crippen LogP contribution is -2.28. The number of nitrogens with one attached hydrogen (secondary N) is 1. The van der Waals surface area contributed by atoms with Gasteiger partial charge < -0.3 is 5.32 Å². The summed E-state index contributed by atoms with van der Waals surface area (Å²) >= 11 is 11.6. The predicted octanol–water partition coefficient (Wildman–Crippen LogP) is 4.13. The highest BCUT2D eigenvalue weighted by Crippen LogP contribution is 2.25. The number of hydrogen-bond donors (Lipinski definition) is 1. The summed E-state index contributed by atoms with van der Waals surface area (Å²) in [6, 6.07) is 11.7. The molecule has 0 fully saturated rings. The summed E-state index contributed by atoms with van der Waals surface area (Å²) in [5, 5.41) is 3.75. The molecule has 18 heavy (non-hydrogen) atoms. The van der Waals surface area contributed by atoms with Crippen molar-refractivity contribution in [3.63, 3.8) is 0 Å². The number of nitrogens with zero attached hydrogens (tertiary/aromatic N) is 2. The van der Waals surface area contributed by atoms with Gasteiger partial charge in [0.1, 0.15) is 11.0 Å². The number of hydrogen-bond acceptors (Lipinski definition) is 3. The molecule has 0 aliphatic carbocycles. The average Bonchev–Trinajstić information content (AvgIpc) is 2.28. The predicted molar refractivity (Wildman–Crippen MR) is 75.1 cm³/mol. The molecular formula is C13H13Cl2N3. The molecule has 3 nitrogen and oxygen atoms in total. The molecule has 0 aliphatic rings. The molecule has 0 bridgehead atoms. The maximum atomic E-state index is 5.85. The fraction of sp³-hybridized carbons (Fsp3) is 0.231. The largest absolute Gasteiger partial charge is 0.361 e. The van der Waals surface area contributed by atoms with Crippen molar-refractivity contribution in [1.82, 2.24) is 9.97 Å². The fourth-order valence-electron chi connectivity index (χ4n) is 1.70. The van der Waals surface area contributed by atoms with Crippen molar-refractivity contribution in [2.24, 2.45) is 0 Å². The molecule has 1 N–H and O–H groups in total. The Labute approximate surface area is 116 Å². The van der Waals surface area contributed by atoms with E-state index in [1.54, 1.807) is 6.07 Å². The zero-order chi connectivity index (χ0) is 13.2. The SMILES string of the molecule is CC(C)(Nc1cc(Cl)nc(Cl)n1)c1ccccc1. The summed E-state index contributed by atoms with van der Waals surface area (Å²) in [4.78, 5) is 7.92. The van der Waals surface area contributed by atoms with Crippen LogP contribution >= 0.6 is 23.2 Å². The third kappa shape index (κ3) is 3.12. The van der Waals surface area contributed by atoms with Gasteiger partial charge in [0.15, 0.2) is 0 Å². The van der Waals surface area contributed by atoms with E-state index in [0.717, 1.165) is 5.56 Å². The van der Waals surface area contributed by atoms with Crippen LogP contribution in [0.3, 0.4) is 0 Å². The van der Waals surface area contributed by atoms with Crippen LogP contribution in [0.25, 0.3) is 0 Å². The van der Waals surface area contributed by atoms with Crippen LogP contribution in [0.2, 0.25) is 10.4 Å². The Balaban J connectivity index is 2.27. The first-order chi connectivity index (χ1) is 8.47. The molecule has 1 aromatic carbocycles. The quantitative estimate of drug-likeness (QED) is 0.679. The minimum atomic E-state index is -0.276. The van der Waals surface area contributed by atoms with Gasteiger partial charge in [-0.2, -0.15) is 0 Å². The third-order valence-electron chi connectivity index (χ3n) is 2.60. The Hall–Kier alpha value is -1.32. The van der Waals surface area contributed by atoms with Crippen molar-refractivity contribution >= 4 is 29.0 Å². The molecule has 0 spiro atoms. The summed E-state index contributed by atoms with van der Waals surface area (Å²) in [6.45, 7) is 4.12. The van der Waals surface area contributed by atoms with Crippen molar-refractivity contribution in [1.29, 1.82) is 0 Å². The molecule has 0 amide bonds. The van der Waals surface area contributed by atoms with Crippen molar-refractivity contribution in [2.45, 2.75) is 19.4 Å². The highest BCUT2D eigenvalue weighted by molar-refractivity contribution is 6.32. The Morgan fingerprint density at radius 2 is 1.72 bits per heavy atom. The second-order valence-corrected chi connectivity index (χ2v) is 5.19. The molecule has 5 heteroatoms. The lowest BCUT2D eigenvalue weighted by Gasteiger charge is -2.27. The molecule has 0 unspecified atom stereocenters. The van der Waals surface area contributed by atoms with E-state index in [1.807, 2.05) is 18.2 Å². The maximum absolute atomic E-state index is 5.85. The van der Waals surface area contributed by atoms with Gasteiger partial charge in [-0.1, -0.05) is 41.9 Å². The van der Waals surface area contributed by atoms with Crippen LogP contribution in [-0.2, 0) is 5.54 Å². The topological polar surface area (TPSA) is 37.8 Å². The van der Waals surface area contributed by atoms with Gasteiger partial charge in [-0.05, 0) is 31.0 Å². The fourth-order valence-corrected chi connectivity index (χ4v) is 2.11. The van der Waals surface area contributed by atoms with Gasteiger partial charge in [0.2, 0.25) is 5.28 Å². The molecule has 0 radical (unpaired) electrons. The normalized spacial score (nSPS) is 11.3. The Bertz CT molecular complexity index is 521. The number of anilines is 1. The molecule has 94 valence electrons. The van der Waals surface area contributed by atoms with Gasteiger partial charge in [-0.3, -0.25) is 0 Å². The number of benzene rings is 1. The lowest BCUT2D eigenvalue weighted by atomic mass is 9.94. The molecular weight excluding hydrogens is 269 g/mol. The van der Waals surface area contributed by atoms with Gasteiger partial charge >= 0.3 is 0 Å². The molecule has 0 aliphatic heterocycles. The Morgan fingerprint density at radius 3 is 2.33 bits per heavy atom. The zero-order valence-corrected chi connectivity index (χ0v) is 11.6. The van der Waals surface area contributed by atoms with Gasteiger partial charge in [0, 0.05) is 6.07 Å². The van der Waals surface area contributed by atoms with Crippen molar-refractivity contribution < 1.29 is 0 Å². The lowest BCUT2D eigenvalue weighted by molar-refractivity contribution is 0.605. The molecule has 2 aromatic rings. The summed E-state index contributed by atoms with van der Waals surface area (Å²) in [5.41, 5.74) is 0.873. The van der Waals surface area contributed by atoms with E-state index in [9.17, 15) is 0 Å². The van der Waals surface area contributed by atoms with Gasteiger partial charge in [-0.25, -0.2) is 9.97 Å². The van der Waals surface area contributed by atoms with Gasteiger partial charge in [0.05, 0.1) is 5.54 Å². The van der Waals surface area contributed by atoms with E-state index in [1.165, 1.54) is 0 Å². The smallest absolute Gasteiger partial charge is 0.225 e. The third-order valence-corrected chi connectivity index (χ3v) is 2.97. The zero-order valence-electron chi connectivity index (χ0n) is 10.1. The van der Waals surface area contributed by atoms with Crippen molar-refractivity contribution in [3.05, 3.63) is 52.4 Å². The van der Waals surface area contributed by atoms with E-state index in [-0.39, 0.29) is 10.8 Å². The van der Waals surface area contributed by atoms with E-state index >= 15 is 0 Å². The summed E-state index contributed by atoms with van der Waals surface area (Å²) in [5.74, 6) is 0.605. The highest BCUT2D eigenvalue weighted by Gasteiger charge is 2.20. The number of aromatic nitrogens is 2. The Morgan fingerprint density at radius 1 is 1.06 bits per heavy atom. The first kappa shape index (κ1) is 13.1. The first-order valence-electron chi connectivity index (χ1n) is 5.51. The standard InChI is InChI=1S/C13H13Cl2N3/c1-13(2,9-6-4-3-5-7-9)18-11-8-10(14)16-12(15)17-11/h3-8H,1-2H3,(H,16,17,18). The Kier molecular flexibility index (Phi) is 3.73. The summed E-state index contributed by atoms with van der Waals surface area (Å²) in [7, 11) is 0. The first-order valence-corrected chi connectivity index (χ1v) is 6.27. The molecule has 1 heterocycles. The van der Waals surface area contributed by atoms with Crippen LogP contribution in [0.15, 0.2) is 36.4 Å². The molecule has 0 saturated carbocycles. The molecule has 0 saturated heterocycles. The average molecular weight is 282 g/mol. The minimum absolute atomic E-state index is 0.133. The molecule has 1 aromatic heterocycles. The van der Waals surface area contributed by atoms with Crippen LogP contribution in [0.5, 0.6) is 0 Å². The van der Waals surface area contributed by atoms with Crippen molar-refractivity contribution in [2.75, 3.05) is 5.32 Å². The summed E-state index contributed by atoms with van der Waals surface area (Å²) in [6.07, 6.45) is 0. The van der Waals surface area contributed by atoms with Crippen LogP contribution in [0, 0.1) is 0 Å². The van der Waals surface area contributed by atoms with Crippen LogP contribution in [0.4, 0.5) is 5.82 Å². The van der Waals surface area contributed by atoms with Crippen LogP contribution < -0.4 is 5.32 Å². The molecule has 0 atom stereocenters. The monoisotopic (exact) mass is 281 g/mol. The number of halogens is 2. The number of rotatable bonds is 3. The second-order valence-electron chi connectivity index (χ2n) is 4.46. The van der Waals surface area contributed by atoms with E-state index < -0.39 is 0 Å². The minimum Gasteiger partial charge on any atom is -0.361 e. The van der Waals surface area contributed by atoms with E-state index in [2.05, 4.69) is 41.3 Å². The van der Waals surface area contributed by atoms with Crippen LogP contribution in [-0.4, -0.2) is 9.97 Å². The summed E-state index contributed by atoms with van der Waals surface area (Å²) < 4.78 is 0. The maximum Gasteiger partial charge on any atom is 0.225 e. The second kappa shape index (κ2) is 5.12. The van der Waals surface area contributed by atoms with E-state index in [4.69, 9.17) is 23.2 Å². The van der Waals surface area contributed by atoms with Gasteiger partial charge in [-0.15, -0.1) is 0 Å². The van der Waals surface area contributed by atoms with Gasteiger partial charge in [0.25, 0.3) is 0 Å².